The third kappa shape index (κ3) is 3.12. The van der Waals surface area contributed by atoms with Crippen molar-refractivity contribution >= 4 is 11.8 Å². The van der Waals surface area contributed by atoms with Crippen molar-refractivity contribution in [2.24, 2.45) is 0 Å². The maximum Gasteiger partial charge on any atom is 0.286 e. The molecule has 3 aromatic rings. The van der Waals surface area contributed by atoms with Gasteiger partial charge in [0.25, 0.3) is 11.8 Å². The van der Waals surface area contributed by atoms with Crippen molar-refractivity contribution < 1.29 is 14.3 Å². The highest BCUT2D eigenvalue weighted by atomic mass is 16.5. The first kappa shape index (κ1) is 15.3. The second-order valence-corrected chi connectivity index (χ2v) is 4.88. The zero-order valence-electron chi connectivity index (χ0n) is 12.8. The number of carbonyl (C=O) groups excluding carboxylic acids is 2. The average Bonchev–Trinajstić information content (AvgIpc) is 3.30. The zero-order chi connectivity index (χ0) is 16.9. The number of hydrazine groups is 1. The number of aromatic nitrogens is 3. The number of ether oxygens (including phenoxy) is 1. The third-order valence-corrected chi connectivity index (χ3v) is 3.39. The molecular formula is C16H15N5O3. The van der Waals surface area contributed by atoms with E-state index in [4.69, 9.17) is 4.74 Å². The maximum atomic E-state index is 12.3. The van der Waals surface area contributed by atoms with Gasteiger partial charge in [-0.2, -0.15) is 5.10 Å². The topological polar surface area (TPSA) is 112 Å². The van der Waals surface area contributed by atoms with Crippen LogP contribution in [0.2, 0.25) is 0 Å². The van der Waals surface area contributed by atoms with Crippen LogP contribution in [0.5, 0.6) is 5.75 Å². The lowest BCUT2D eigenvalue weighted by Gasteiger charge is -2.07. The van der Waals surface area contributed by atoms with Gasteiger partial charge in [-0.3, -0.25) is 25.5 Å². The van der Waals surface area contributed by atoms with E-state index in [-0.39, 0.29) is 0 Å². The molecule has 0 saturated carbocycles. The van der Waals surface area contributed by atoms with Gasteiger partial charge in [0.2, 0.25) is 0 Å². The molecule has 0 bridgehead atoms. The quantitative estimate of drug-likeness (QED) is 0.544. The fourth-order valence-electron chi connectivity index (χ4n) is 2.16. The molecule has 0 spiro atoms. The molecule has 2 amide bonds. The van der Waals surface area contributed by atoms with Crippen LogP contribution >= 0.6 is 0 Å². The second kappa shape index (κ2) is 6.69. The van der Waals surface area contributed by atoms with Gasteiger partial charge >= 0.3 is 0 Å². The molecule has 2 heterocycles. The van der Waals surface area contributed by atoms with E-state index in [1.807, 2.05) is 0 Å². The van der Waals surface area contributed by atoms with Gasteiger partial charge < -0.3 is 9.72 Å². The molecule has 0 fully saturated rings. The number of benzene rings is 1. The monoisotopic (exact) mass is 325 g/mol. The molecule has 8 heteroatoms. The summed E-state index contributed by atoms with van der Waals surface area (Å²) in [5, 5.41) is 6.69. The van der Waals surface area contributed by atoms with Crippen LogP contribution in [0, 0.1) is 0 Å². The van der Waals surface area contributed by atoms with E-state index in [2.05, 4.69) is 26.0 Å². The molecule has 1 aromatic carbocycles. The number of amides is 2. The van der Waals surface area contributed by atoms with E-state index in [1.54, 1.807) is 49.7 Å². The number of hydrogen-bond acceptors (Lipinski definition) is 4. The largest absolute Gasteiger partial charge is 0.497 e. The minimum Gasteiger partial charge on any atom is -0.497 e. The van der Waals surface area contributed by atoms with Crippen LogP contribution < -0.4 is 15.6 Å². The zero-order valence-corrected chi connectivity index (χ0v) is 12.8. The lowest BCUT2D eigenvalue weighted by atomic mass is 10.1. The van der Waals surface area contributed by atoms with E-state index in [0.717, 1.165) is 5.56 Å². The molecule has 3 rings (SSSR count). The highest BCUT2D eigenvalue weighted by Crippen LogP contribution is 2.23. The first-order valence-corrected chi connectivity index (χ1v) is 7.11. The van der Waals surface area contributed by atoms with E-state index >= 15 is 0 Å². The lowest BCUT2D eigenvalue weighted by molar-refractivity contribution is 0.0844. The summed E-state index contributed by atoms with van der Waals surface area (Å²) in [6.07, 6.45) is 3.02. The second-order valence-electron chi connectivity index (χ2n) is 4.88. The summed E-state index contributed by atoms with van der Waals surface area (Å²) in [5.41, 5.74) is 6.68. The Morgan fingerprint density at radius 2 is 1.83 bits per heavy atom. The van der Waals surface area contributed by atoms with Crippen molar-refractivity contribution in [3.63, 3.8) is 0 Å². The third-order valence-electron chi connectivity index (χ3n) is 3.39. The molecule has 8 nitrogen and oxygen atoms in total. The first-order valence-electron chi connectivity index (χ1n) is 7.11. The molecular weight excluding hydrogens is 310 g/mol. The predicted molar refractivity (Wildman–Crippen MR) is 86.3 cm³/mol. The summed E-state index contributed by atoms with van der Waals surface area (Å²) in [6.45, 7) is 0. The Bertz CT molecular complexity index is 837. The van der Waals surface area contributed by atoms with Crippen molar-refractivity contribution in [1.29, 1.82) is 0 Å². The van der Waals surface area contributed by atoms with E-state index in [9.17, 15) is 9.59 Å². The molecule has 0 aliphatic rings. The van der Waals surface area contributed by atoms with Crippen molar-refractivity contribution in [1.82, 2.24) is 26.0 Å². The number of nitrogens with zero attached hydrogens (tertiary/aromatic N) is 1. The SMILES string of the molecule is COc1ccc(-c2[nH]ncc2C(=O)NNC(=O)c2ccc[nH]2)cc1. The number of H-pyrrole nitrogens is 2. The van der Waals surface area contributed by atoms with Crippen LogP contribution in [-0.4, -0.2) is 34.1 Å². The molecule has 0 saturated heterocycles. The lowest BCUT2D eigenvalue weighted by Crippen LogP contribution is -2.41. The summed E-state index contributed by atoms with van der Waals surface area (Å²) in [4.78, 5) is 26.8. The van der Waals surface area contributed by atoms with Crippen LogP contribution in [0.15, 0.2) is 48.8 Å². The molecule has 0 atom stereocenters. The molecule has 2 aromatic heterocycles. The van der Waals surface area contributed by atoms with Crippen LogP contribution in [0.4, 0.5) is 0 Å². The highest BCUT2D eigenvalue weighted by molar-refractivity contribution is 6.01. The Kier molecular flexibility index (Phi) is 4.28. The average molecular weight is 325 g/mol. The number of rotatable bonds is 4. The van der Waals surface area contributed by atoms with Crippen LogP contribution in [0.1, 0.15) is 20.8 Å². The van der Waals surface area contributed by atoms with Crippen molar-refractivity contribution in [2.45, 2.75) is 0 Å². The highest BCUT2D eigenvalue weighted by Gasteiger charge is 2.16. The Labute approximate surface area is 137 Å². The van der Waals surface area contributed by atoms with E-state index in [1.165, 1.54) is 6.20 Å². The van der Waals surface area contributed by atoms with Gasteiger partial charge in [-0.25, -0.2) is 0 Å². The van der Waals surface area contributed by atoms with Gasteiger partial charge in [0.15, 0.2) is 0 Å². The Hall–Kier alpha value is -3.55. The van der Waals surface area contributed by atoms with Gasteiger partial charge in [0.1, 0.15) is 11.4 Å². The van der Waals surface area contributed by atoms with Crippen LogP contribution in [0.3, 0.4) is 0 Å². The number of hydrogen-bond donors (Lipinski definition) is 4. The number of carbonyl (C=O) groups is 2. The number of methoxy groups -OCH3 is 1. The Balaban J connectivity index is 1.72. The minimum atomic E-state index is -0.477. The van der Waals surface area contributed by atoms with Crippen molar-refractivity contribution in [3.8, 4) is 17.0 Å². The van der Waals surface area contributed by atoms with E-state index in [0.29, 0.717) is 22.7 Å². The van der Waals surface area contributed by atoms with Gasteiger partial charge in [-0.1, -0.05) is 0 Å². The van der Waals surface area contributed by atoms with Crippen molar-refractivity contribution in [2.75, 3.05) is 7.11 Å². The number of aromatic amines is 2. The van der Waals surface area contributed by atoms with Crippen molar-refractivity contribution in [3.05, 3.63) is 60.0 Å². The Morgan fingerprint density at radius 1 is 1.08 bits per heavy atom. The van der Waals surface area contributed by atoms with Gasteiger partial charge in [-0.05, 0) is 36.4 Å². The normalized spacial score (nSPS) is 10.2. The van der Waals surface area contributed by atoms with Gasteiger partial charge in [-0.15, -0.1) is 0 Å². The van der Waals surface area contributed by atoms with Crippen LogP contribution in [0.25, 0.3) is 11.3 Å². The standard InChI is InChI=1S/C16H15N5O3/c1-24-11-6-4-10(5-7-11)14-12(9-18-19-14)15(22)20-21-16(23)13-3-2-8-17-13/h2-9,17H,1H3,(H,18,19)(H,20,22)(H,21,23). The molecule has 0 radical (unpaired) electrons. The summed E-state index contributed by atoms with van der Waals surface area (Å²) in [7, 11) is 1.58. The van der Waals surface area contributed by atoms with Gasteiger partial charge in [0.05, 0.1) is 24.6 Å². The molecule has 4 N–H and O–H groups in total. The summed E-state index contributed by atoms with van der Waals surface area (Å²) in [6, 6.07) is 10.5. The predicted octanol–water partition coefficient (Wildman–Crippen LogP) is 1.49. The molecule has 0 aliphatic heterocycles. The smallest absolute Gasteiger partial charge is 0.286 e. The Morgan fingerprint density at radius 3 is 2.50 bits per heavy atom. The van der Waals surface area contributed by atoms with E-state index < -0.39 is 11.8 Å². The van der Waals surface area contributed by atoms with Gasteiger partial charge in [0, 0.05) is 11.8 Å². The fourth-order valence-corrected chi connectivity index (χ4v) is 2.16. The molecule has 24 heavy (non-hydrogen) atoms. The minimum absolute atomic E-state index is 0.312. The molecule has 122 valence electrons. The van der Waals surface area contributed by atoms with Crippen LogP contribution in [-0.2, 0) is 0 Å². The molecule has 0 aliphatic carbocycles. The maximum absolute atomic E-state index is 12.3. The molecule has 0 unspecified atom stereocenters. The number of nitrogens with one attached hydrogen (secondary N) is 4. The first-order chi connectivity index (χ1) is 11.7. The fraction of sp³-hybridized carbons (Fsp3) is 0.0625. The summed E-state index contributed by atoms with van der Waals surface area (Å²) >= 11 is 0. The summed E-state index contributed by atoms with van der Waals surface area (Å²) in [5.74, 6) is -0.209. The summed E-state index contributed by atoms with van der Waals surface area (Å²) < 4.78 is 5.11.